The molecule has 7 heteroatoms. The number of piperidine rings is 1. The lowest BCUT2D eigenvalue weighted by Crippen LogP contribution is -2.51. The first kappa shape index (κ1) is 20.9. The van der Waals surface area contributed by atoms with Crippen LogP contribution in [0.3, 0.4) is 0 Å². The number of aliphatic carboxylic acids is 1. The lowest BCUT2D eigenvalue weighted by Gasteiger charge is -2.33. The third-order valence-corrected chi connectivity index (χ3v) is 5.02. The molecule has 7 nitrogen and oxygen atoms in total. The maximum absolute atomic E-state index is 12.6. The molecule has 4 N–H and O–H groups in total. The van der Waals surface area contributed by atoms with Gasteiger partial charge in [-0.25, -0.2) is 4.79 Å². The van der Waals surface area contributed by atoms with Crippen molar-refractivity contribution in [3.05, 3.63) is 35.9 Å². The van der Waals surface area contributed by atoms with Gasteiger partial charge in [0.25, 0.3) is 0 Å². The van der Waals surface area contributed by atoms with E-state index >= 15 is 0 Å². The van der Waals surface area contributed by atoms with Gasteiger partial charge in [0, 0.05) is 19.0 Å². The van der Waals surface area contributed by atoms with E-state index < -0.39 is 18.1 Å². The van der Waals surface area contributed by atoms with Gasteiger partial charge in [-0.05, 0) is 30.7 Å². The molecular formula is C20H29N3O4. The zero-order chi connectivity index (χ0) is 20.0. The number of carbonyl (C=O) groups excluding carboxylic acids is 2. The maximum Gasteiger partial charge on any atom is 0.326 e. The molecule has 1 fully saturated rings. The predicted molar refractivity (Wildman–Crippen MR) is 102 cm³/mol. The highest BCUT2D eigenvalue weighted by atomic mass is 16.4. The molecule has 0 aliphatic carbocycles. The van der Waals surface area contributed by atoms with Gasteiger partial charge in [0.15, 0.2) is 0 Å². The number of carbonyl (C=O) groups is 3. The van der Waals surface area contributed by atoms with E-state index in [9.17, 15) is 19.5 Å². The Labute approximate surface area is 159 Å². The van der Waals surface area contributed by atoms with Crippen molar-refractivity contribution in [2.75, 3.05) is 13.1 Å². The molecule has 1 aliphatic heterocycles. The second-order valence-corrected chi connectivity index (χ2v) is 7.46. The number of nitrogens with one attached hydrogen (secondary N) is 1. The van der Waals surface area contributed by atoms with E-state index in [0.29, 0.717) is 32.4 Å². The van der Waals surface area contributed by atoms with Crippen molar-refractivity contribution >= 4 is 17.8 Å². The summed E-state index contributed by atoms with van der Waals surface area (Å²) in [6.45, 7) is 4.43. The Morgan fingerprint density at radius 1 is 1.19 bits per heavy atom. The van der Waals surface area contributed by atoms with Crippen LogP contribution in [0.4, 0.5) is 0 Å². The summed E-state index contributed by atoms with van der Waals surface area (Å²) in [6, 6.07) is 8.14. The third-order valence-electron chi connectivity index (χ3n) is 5.02. The Morgan fingerprint density at radius 2 is 1.78 bits per heavy atom. The van der Waals surface area contributed by atoms with Crippen molar-refractivity contribution in [1.82, 2.24) is 10.2 Å². The van der Waals surface area contributed by atoms with Crippen molar-refractivity contribution in [2.45, 2.75) is 45.2 Å². The van der Waals surface area contributed by atoms with Crippen LogP contribution in [0.1, 0.15) is 32.3 Å². The smallest absolute Gasteiger partial charge is 0.326 e. The molecule has 1 saturated heterocycles. The number of rotatable bonds is 7. The molecule has 2 rings (SSSR count). The molecule has 27 heavy (non-hydrogen) atoms. The number of carboxylic acids is 1. The van der Waals surface area contributed by atoms with Gasteiger partial charge in [0.1, 0.15) is 6.04 Å². The minimum Gasteiger partial charge on any atom is -0.480 e. The maximum atomic E-state index is 12.6. The zero-order valence-corrected chi connectivity index (χ0v) is 15.9. The normalized spacial score (nSPS) is 17.4. The molecule has 148 valence electrons. The summed E-state index contributed by atoms with van der Waals surface area (Å²) < 4.78 is 0. The number of hydrogen-bond donors (Lipinski definition) is 3. The van der Waals surface area contributed by atoms with Gasteiger partial charge < -0.3 is 21.1 Å². The van der Waals surface area contributed by atoms with Crippen LogP contribution < -0.4 is 11.1 Å². The Kier molecular flexibility index (Phi) is 7.36. The number of nitrogens with two attached hydrogens (primary N) is 1. The molecule has 0 bridgehead atoms. The van der Waals surface area contributed by atoms with Crippen LogP contribution >= 0.6 is 0 Å². The van der Waals surface area contributed by atoms with Crippen LogP contribution in [0.2, 0.25) is 0 Å². The van der Waals surface area contributed by atoms with E-state index in [1.807, 2.05) is 30.3 Å². The van der Waals surface area contributed by atoms with E-state index in [1.54, 1.807) is 18.7 Å². The molecule has 2 atom stereocenters. The molecule has 0 radical (unpaired) electrons. The fourth-order valence-electron chi connectivity index (χ4n) is 3.34. The quantitative estimate of drug-likeness (QED) is 0.659. The minimum absolute atomic E-state index is 0.108. The summed E-state index contributed by atoms with van der Waals surface area (Å²) in [5.41, 5.74) is 7.09. The van der Waals surface area contributed by atoms with Crippen LogP contribution in [0.15, 0.2) is 30.3 Å². The third kappa shape index (κ3) is 5.79. The summed E-state index contributed by atoms with van der Waals surface area (Å²) in [5.74, 6) is -1.86. The van der Waals surface area contributed by atoms with E-state index in [2.05, 4.69) is 5.32 Å². The summed E-state index contributed by atoms with van der Waals surface area (Å²) in [7, 11) is 0. The van der Waals surface area contributed by atoms with E-state index in [1.165, 1.54) is 0 Å². The van der Waals surface area contributed by atoms with E-state index in [-0.39, 0.29) is 23.7 Å². The first-order valence-electron chi connectivity index (χ1n) is 9.41. The van der Waals surface area contributed by atoms with Gasteiger partial charge >= 0.3 is 5.97 Å². The van der Waals surface area contributed by atoms with Crippen LogP contribution in [-0.4, -0.2) is 53.0 Å². The number of benzene rings is 1. The number of amides is 2. The second kappa shape index (κ2) is 9.50. The monoisotopic (exact) mass is 375 g/mol. The van der Waals surface area contributed by atoms with Crippen molar-refractivity contribution in [1.29, 1.82) is 0 Å². The Morgan fingerprint density at radius 3 is 2.30 bits per heavy atom. The highest BCUT2D eigenvalue weighted by molar-refractivity contribution is 5.86. The highest BCUT2D eigenvalue weighted by Crippen LogP contribution is 2.19. The van der Waals surface area contributed by atoms with Crippen LogP contribution in [0.25, 0.3) is 0 Å². The van der Waals surface area contributed by atoms with Crippen molar-refractivity contribution in [3.8, 4) is 0 Å². The van der Waals surface area contributed by atoms with Crippen molar-refractivity contribution < 1.29 is 19.5 Å². The van der Waals surface area contributed by atoms with Crippen LogP contribution in [0, 0.1) is 11.8 Å². The fraction of sp³-hybridized carbons (Fsp3) is 0.550. The molecule has 2 unspecified atom stereocenters. The number of likely N-dealkylation sites (tertiary alicyclic amines) is 1. The van der Waals surface area contributed by atoms with Gasteiger partial charge in [-0.3, -0.25) is 9.59 Å². The van der Waals surface area contributed by atoms with Crippen molar-refractivity contribution in [2.24, 2.45) is 17.6 Å². The molecule has 1 aliphatic rings. The highest BCUT2D eigenvalue weighted by Gasteiger charge is 2.32. The molecule has 1 heterocycles. The summed E-state index contributed by atoms with van der Waals surface area (Å²) >= 11 is 0. The summed E-state index contributed by atoms with van der Waals surface area (Å²) in [6.07, 6.45) is 1.51. The standard InChI is InChI=1S/C20H29N3O4/c1-13(2)17(20(26)27)22-18(24)15-8-10-23(11-9-15)19(25)16(21)12-14-6-4-3-5-7-14/h3-7,13,15-17H,8-12,21H2,1-2H3,(H,22,24)(H,26,27). The molecule has 1 aromatic rings. The van der Waals surface area contributed by atoms with E-state index in [4.69, 9.17) is 5.73 Å². The topological polar surface area (TPSA) is 113 Å². The van der Waals surface area contributed by atoms with Gasteiger partial charge in [-0.1, -0.05) is 44.2 Å². The van der Waals surface area contributed by atoms with Gasteiger partial charge in [-0.15, -0.1) is 0 Å². The van der Waals surface area contributed by atoms with Gasteiger partial charge in [-0.2, -0.15) is 0 Å². The lowest BCUT2D eigenvalue weighted by atomic mass is 9.94. The Hall–Kier alpha value is -2.41. The Balaban J connectivity index is 1.84. The average Bonchev–Trinajstić information content (AvgIpc) is 2.65. The number of carboxylic acid groups (broad SMARTS) is 1. The molecule has 0 saturated carbocycles. The number of nitrogens with zero attached hydrogens (tertiary/aromatic N) is 1. The molecule has 0 spiro atoms. The van der Waals surface area contributed by atoms with E-state index in [0.717, 1.165) is 5.56 Å². The Bertz CT molecular complexity index is 654. The predicted octanol–water partition coefficient (Wildman–Crippen LogP) is 1.02. The van der Waals surface area contributed by atoms with Crippen LogP contribution in [-0.2, 0) is 20.8 Å². The summed E-state index contributed by atoms with van der Waals surface area (Å²) in [5, 5.41) is 11.8. The zero-order valence-electron chi connectivity index (χ0n) is 15.9. The minimum atomic E-state index is -1.03. The number of hydrogen-bond acceptors (Lipinski definition) is 4. The first-order chi connectivity index (χ1) is 12.8. The first-order valence-corrected chi connectivity index (χ1v) is 9.41. The van der Waals surface area contributed by atoms with Gasteiger partial charge in [0.05, 0.1) is 6.04 Å². The van der Waals surface area contributed by atoms with Crippen LogP contribution in [0.5, 0.6) is 0 Å². The fourth-order valence-corrected chi connectivity index (χ4v) is 3.34. The molecular weight excluding hydrogens is 346 g/mol. The molecule has 1 aromatic carbocycles. The largest absolute Gasteiger partial charge is 0.480 e. The SMILES string of the molecule is CC(C)C(NC(=O)C1CCN(C(=O)C(N)Cc2ccccc2)CC1)C(=O)O. The summed E-state index contributed by atoms with van der Waals surface area (Å²) in [4.78, 5) is 37.9. The van der Waals surface area contributed by atoms with Gasteiger partial charge in [0.2, 0.25) is 11.8 Å². The molecule has 2 amide bonds. The van der Waals surface area contributed by atoms with Crippen molar-refractivity contribution in [3.63, 3.8) is 0 Å². The lowest BCUT2D eigenvalue weighted by molar-refractivity contribution is -0.144. The average molecular weight is 375 g/mol. The second-order valence-electron chi connectivity index (χ2n) is 7.46. The molecule has 0 aromatic heterocycles.